The number of rotatable bonds is 6. The predicted octanol–water partition coefficient (Wildman–Crippen LogP) is 4.35. The van der Waals surface area contributed by atoms with Crippen molar-refractivity contribution in [3.63, 3.8) is 0 Å². The van der Waals surface area contributed by atoms with Crippen molar-refractivity contribution in [3.05, 3.63) is 83.9 Å². The van der Waals surface area contributed by atoms with Crippen LogP contribution < -0.4 is 5.73 Å². The maximum atomic E-state index is 10.8. The zero-order chi connectivity index (χ0) is 19.5. The molecule has 0 radical (unpaired) electrons. The minimum absolute atomic E-state index is 0.107. The summed E-state index contributed by atoms with van der Waals surface area (Å²) in [7, 11) is 0. The second-order valence-corrected chi connectivity index (χ2v) is 6.84. The number of nitrogens with zero attached hydrogens (tertiary/aromatic N) is 2. The summed E-state index contributed by atoms with van der Waals surface area (Å²) in [5, 5.41) is 8.85. The first-order valence-electron chi connectivity index (χ1n) is 9.21. The third kappa shape index (κ3) is 3.74. The number of benzene rings is 3. The first-order chi connectivity index (χ1) is 13.6. The van der Waals surface area contributed by atoms with E-state index in [2.05, 4.69) is 41.4 Å². The average Bonchev–Trinajstić information content (AvgIpc) is 3.02. The molecule has 0 amide bonds. The molecule has 0 saturated carbocycles. The number of carboxylic acid groups (broad SMARTS) is 1. The fourth-order valence-electron chi connectivity index (χ4n) is 3.38. The Hall–Kier alpha value is -3.60. The Bertz CT molecular complexity index is 1120. The Morgan fingerprint density at radius 2 is 1.61 bits per heavy atom. The first-order valence-corrected chi connectivity index (χ1v) is 9.21. The number of aryl methyl sites for hydroxylation is 1. The summed E-state index contributed by atoms with van der Waals surface area (Å²) in [5.41, 5.74) is 12.4. The van der Waals surface area contributed by atoms with Crippen LogP contribution in [-0.2, 0) is 17.8 Å². The average molecular weight is 371 g/mol. The molecule has 3 N–H and O–H groups in total. The molecule has 0 aliphatic carbocycles. The van der Waals surface area contributed by atoms with E-state index in [0.717, 1.165) is 22.2 Å². The number of fused-ring (bicyclic) bond motifs is 1. The van der Waals surface area contributed by atoms with E-state index in [-0.39, 0.29) is 6.42 Å². The summed E-state index contributed by atoms with van der Waals surface area (Å²) in [6, 6.07) is 24.5. The molecular formula is C23H21N3O2. The molecule has 0 aliphatic heterocycles. The van der Waals surface area contributed by atoms with Crippen molar-refractivity contribution in [2.75, 3.05) is 5.73 Å². The van der Waals surface area contributed by atoms with Gasteiger partial charge in [0, 0.05) is 6.42 Å². The number of carboxylic acids is 1. The Morgan fingerprint density at radius 1 is 0.929 bits per heavy atom. The maximum Gasteiger partial charge on any atom is 0.303 e. The Labute approximate surface area is 163 Å². The van der Waals surface area contributed by atoms with E-state index in [0.29, 0.717) is 18.9 Å². The van der Waals surface area contributed by atoms with Crippen LogP contribution in [0.2, 0.25) is 0 Å². The summed E-state index contributed by atoms with van der Waals surface area (Å²) >= 11 is 0. The molecule has 0 unspecified atom stereocenters. The van der Waals surface area contributed by atoms with Crippen LogP contribution in [0.25, 0.3) is 22.2 Å². The molecule has 4 rings (SSSR count). The molecule has 5 heteroatoms. The molecule has 5 nitrogen and oxygen atoms in total. The second kappa shape index (κ2) is 7.56. The highest BCUT2D eigenvalue weighted by molar-refractivity contribution is 5.79. The van der Waals surface area contributed by atoms with Crippen LogP contribution in [0.15, 0.2) is 72.8 Å². The van der Waals surface area contributed by atoms with Crippen molar-refractivity contribution in [2.24, 2.45) is 0 Å². The first kappa shape index (κ1) is 17.8. The van der Waals surface area contributed by atoms with Crippen molar-refractivity contribution in [1.29, 1.82) is 0 Å². The summed E-state index contributed by atoms with van der Waals surface area (Å²) < 4.78 is 1.98. The lowest BCUT2D eigenvalue weighted by Gasteiger charge is -2.08. The SMILES string of the molecule is Nc1nc2cc(CCC(=O)O)ccc2n1Cc1ccc(-c2ccccc2)cc1. The lowest BCUT2D eigenvalue weighted by atomic mass is 10.0. The standard InChI is InChI=1S/C23H21N3O2/c24-23-25-20-14-16(9-13-22(27)28)8-12-21(20)26(23)15-17-6-10-19(11-7-17)18-4-2-1-3-5-18/h1-8,10-12,14H,9,13,15H2,(H2,24,25)(H,27,28). The Balaban J connectivity index is 1.57. The predicted molar refractivity (Wildman–Crippen MR) is 111 cm³/mol. The fraction of sp³-hybridized carbons (Fsp3) is 0.130. The van der Waals surface area contributed by atoms with Gasteiger partial charge in [-0.05, 0) is 40.8 Å². The van der Waals surface area contributed by atoms with Gasteiger partial charge in [0.1, 0.15) is 0 Å². The monoisotopic (exact) mass is 371 g/mol. The number of hydrogen-bond donors (Lipinski definition) is 2. The number of hydrogen-bond acceptors (Lipinski definition) is 3. The summed E-state index contributed by atoms with van der Waals surface area (Å²) in [6.07, 6.45) is 0.592. The molecule has 3 aromatic carbocycles. The smallest absolute Gasteiger partial charge is 0.303 e. The number of carbonyl (C=O) groups is 1. The molecule has 0 spiro atoms. The van der Waals surface area contributed by atoms with E-state index in [4.69, 9.17) is 10.8 Å². The number of nitrogen functional groups attached to an aromatic ring is 1. The lowest BCUT2D eigenvalue weighted by molar-refractivity contribution is -0.136. The molecule has 0 saturated heterocycles. The molecule has 28 heavy (non-hydrogen) atoms. The van der Waals surface area contributed by atoms with E-state index in [1.165, 1.54) is 11.1 Å². The van der Waals surface area contributed by atoms with E-state index in [1.54, 1.807) is 0 Å². The number of anilines is 1. The molecule has 1 heterocycles. The highest BCUT2D eigenvalue weighted by Gasteiger charge is 2.10. The zero-order valence-corrected chi connectivity index (χ0v) is 15.4. The van der Waals surface area contributed by atoms with Gasteiger partial charge >= 0.3 is 5.97 Å². The van der Waals surface area contributed by atoms with Gasteiger partial charge in [0.2, 0.25) is 5.95 Å². The number of nitrogens with two attached hydrogens (primary N) is 1. The van der Waals surface area contributed by atoms with Gasteiger partial charge in [-0.1, -0.05) is 60.7 Å². The molecule has 0 aliphatic rings. The Kier molecular flexibility index (Phi) is 4.81. The van der Waals surface area contributed by atoms with Crippen molar-refractivity contribution in [2.45, 2.75) is 19.4 Å². The minimum Gasteiger partial charge on any atom is -0.481 e. The zero-order valence-electron chi connectivity index (χ0n) is 15.4. The number of imidazole rings is 1. The van der Waals surface area contributed by atoms with E-state index >= 15 is 0 Å². The minimum atomic E-state index is -0.802. The van der Waals surface area contributed by atoms with Crippen LogP contribution in [0, 0.1) is 0 Å². The second-order valence-electron chi connectivity index (χ2n) is 6.84. The van der Waals surface area contributed by atoms with E-state index in [1.807, 2.05) is 41.0 Å². The van der Waals surface area contributed by atoms with Gasteiger partial charge in [0.05, 0.1) is 17.6 Å². The van der Waals surface area contributed by atoms with Crippen LogP contribution >= 0.6 is 0 Å². The third-order valence-electron chi connectivity index (χ3n) is 4.87. The van der Waals surface area contributed by atoms with Crippen molar-refractivity contribution >= 4 is 23.0 Å². The summed E-state index contributed by atoms with van der Waals surface area (Å²) in [6.45, 7) is 0.631. The van der Waals surface area contributed by atoms with E-state index < -0.39 is 5.97 Å². The van der Waals surface area contributed by atoms with E-state index in [9.17, 15) is 4.79 Å². The molecule has 140 valence electrons. The van der Waals surface area contributed by atoms with Gasteiger partial charge in [-0.25, -0.2) is 4.98 Å². The topological polar surface area (TPSA) is 81.1 Å². The van der Waals surface area contributed by atoms with Gasteiger partial charge in [-0.2, -0.15) is 0 Å². The van der Waals surface area contributed by atoms with Crippen molar-refractivity contribution in [3.8, 4) is 11.1 Å². The van der Waals surface area contributed by atoms with Crippen molar-refractivity contribution in [1.82, 2.24) is 9.55 Å². The molecular weight excluding hydrogens is 350 g/mol. The third-order valence-corrected chi connectivity index (χ3v) is 4.87. The van der Waals surface area contributed by atoms with Gasteiger partial charge in [0.25, 0.3) is 0 Å². The molecule has 0 bridgehead atoms. The maximum absolute atomic E-state index is 10.8. The van der Waals surface area contributed by atoms with Crippen LogP contribution in [0.3, 0.4) is 0 Å². The van der Waals surface area contributed by atoms with Gasteiger partial charge in [-0.3, -0.25) is 4.79 Å². The Morgan fingerprint density at radius 3 is 2.32 bits per heavy atom. The molecule has 0 atom stereocenters. The largest absolute Gasteiger partial charge is 0.481 e. The highest BCUT2D eigenvalue weighted by Crippen LogP contribution is 2.23. The quantitative estimate of drug-likeness (QED) is 0.528. The van der Waals surface area contributed by atoms with Gasteiger partial charge in [0.15, 0.2) is 0 Å². The highest BCUT2D eigenvalue weighted by atomic mass is 16.4. The van der Waals surface area contributed by atoms with Crippen LogP contribution in [0.4, 0.5) is 5.95 Å². The van der Waals surface area contributed by atoms with Crippen molar-refractivity contribution < 1.29 is 9.90 Å². The summed E-state index contributed by atoms with van der Waals surface area (Å²) in [4.78, 5) is 15.2. The van der Waals surface area contributed by atoms with Crippen LogP contribution in [0.1, 0.15) is 17.5 Å². The molecule has 1 aromatic heterocycles. The normalized spacial score (nSPS) is 11.0. The van der Waals surface area contributed by atoms with Gasteiger partial charge < -0.3 is 15.4 Å². The van der Waals surface area contributed by atoms with Gasteiger partial charge in [-0.15, -0.1) is 0 Å². The van der Waals surface area contributed by atoms with Crippen LogP contribution in [0.5, 0.6) is 0 Å². The summed E-state index contributed by atoms with van der Waals surface area (Å²) in [5.74, 6) is -0.346. The fourth-order valence-corrected chi connectivity index (χ4v) is 3.38. The van der Waals surface area contributed by atoms with Crippen LogP contribution in [-0.4, -0.2) is 20.6 Å². The number of aromatic nitrogens is 2. The lowest BCUT2D eigenvalue weighted by Crippen LogP contribution is -2.04. The molecule has 0 fully saturated rings. The number of aliphatic carboxylic acids is 1. The molecule has 4 aromatic rings.